The van der Waals surface area contributed by atoms with Crippen LogP contribution in [0.15, 0.2) is 77.2 Å². The van der Waals surface area contributed by atoms with Gasteiger partial charge in [0, 0.05) is 11.8 Å². The van der Waals surface area contributed by atoms with Gasteiger partial charge in [0.2, 0.25) is 17.7 Å². The second kappa shape index (κ2) is 8.60. The van der Waals surface area contributed by atoms with Crippen molar-refractivity contribution in [3.05, 3.63) is 89.6 Å². The number of amides is 1. The minimum Gasteiger partial charge on any atom is -0.508 e. The number of carbonyl (C=O) groups is 1. The summed E-state index contributed by atoms with van der Waals surface area (Å²) in [5.74, 6) is 0.409. The number of carbonyl (C=O) groups excluding carboxylic acids is 1. The molecule has 8 heteroatoms. The van der Waals surface area contributed by atoms with Gasteiger partial charge in [0.25, 0.3) is 0 Å². The van der Waals surface area contributed by atoms with Crippen molar-refractivity contribution in [1.29, 1.82) is 0 Å². The third-order valence-corrected chi connectivity index (χ3v) is 5.81. The summed E-state index contributed by atoms with van der Waals surface area (Å²) in [6.45, 7) is 0. The van der Waals surface area contributed by atoms with E-state index in [1.54, 1.807) is 23.5 Å². The highest BCUT2D eigenvalue weighted by atomic mass is 32.1. The van der Waals surface area contributed by atoms with Crippen LogP contribution in [-0.2, 0) is 17.6 Å². The number of phenolic OH excluding ortho intramolecular Hbond substituents is 1. The minimum absolute atomic E-state index is 0.0526. The van der Waals surface area contributed by atoms with Crippen LogP contribution in [0.2, 0.25) is 0 Å². The molecule has 2 N–H and O–H groups in total. The fourth-order valence-corrected chi connectivity index (χ4v) is 4.34. The molecule has 158 valence electrons. The quantitative estimate of drug-likeness (QED) is 0.391. The topological polar surface area (TPSA) is 101 Å². The zero-order chi connectivity index (χ0) is 21.9. The Bertz CT molecular complexity index is 1390. The number of hydrogen-bond donors (Lipinski definition) is 2. The van der Waals surface area contributed by atoms with Crippen molar-refractivity contribution in [1.82, 2.24) is 15.2 Å². The summed E-state index contributed by atoms with van der Waals surface area (Å²) in [4.78, 5) is 16.9. The first-order chi connectivity index (χ1) is 15.6. The molecule has 0 unspecified atom stereocenters. The lowest BCUT2D eigenvalue weighted by molar-refractivity contribution is -0.115. The number of benzene rings is 3. The van der Waals surface area contributed by atoms with E-state index < -0.39 is 0 Å². The molecule has 1 amide bonds. The number of nitrogens with one attached hydrogen (secondary N) is 1. The maximum atomic E-state index is 12.2. The number of nitrogens with zero attached hydrogens (tertiary/aromatic N) is 3. The van der Waals surface area contributed by atoms with E-state index in [1.807, 2.05) is 24.3 Å². The van der Waals surface area contributed by atoms with E-state index in [9.17, 15) is 9.90 Å². The van der Waals surface area contributed by atoms with Crippen LogP contribution in [0.4, 0.5) is 5.69 Å². The summed E-state index contributed by atoms with van der Waals surface area (Å²) in [6, 6.07) is 22.8. The van der Waals surface area contributed by atoms with Crippen molar-refractivity contribution in [2.45, 2.75) is 12.8 Å². The van der Waals surface area contributed by atoms with Crippen molar-refractivity contribution in [3.63, 3.8) is 0 Å². The summed E-state index contributed by atoms with van der Waals surface area (Å²) in [5.41, 5.74) is 3.73. The van der Waals surface area contributed by atoms with Crippen LogP contribution in [0.3, 0.4) is 0 Å². The molecular weight excluding hydrogens is 424 g/mol. The van der Waals surface area contributed by atoms with Gasteiger partial charge in [-0.3, -0.25) is 4.79 Å². The second-order valence-corrected chi connectivity index (χ2v) is 8.31. The Labute approximate surface area is 187 Å². The molecule has 0 fully saturated rings. The Hall–Kier alpha value is -4.04. The van der Waals surface area contributed by atoms with Crippen LogP contribution in [-0.4, -0.2) is 26.2 Å². The minimum atomic E-state index is -0.306. The number of thiazole rings is 1. The van der Waals surface area contributed by atoms with Gasteiger partial charge in [-0.1, -0.05) is 42.5 Å². The standard InChI is InChI=1S/C24H18N4O3S/c29-18-8-4-7-17(12-18)25-21(30)13-22-27-28-23(31-22)14-24-26-19-10-9-16(11-20(19)32-24)15-5-2-1-3-6-15/h1-12,29H,13-14H2,(H,25,30). The van der Waals surface area contributed by atoms with Crippen LogP contribution in [0, 0.1) is 0 Å². The van der Waals surface area contributed by atoms with Gasteiger partial charge >= 0.3 is 0 Å². The van der Waals surface area contributed by atoms with E-state index in [1.165, 1.54) is 12.1 Å². The molecule has 5 aromatic rings. The van der Waals surface area contributed by atoms with Crippen molar-refractivity contribution < 1.29 is 14.3 Å². The van der Waals surface area contributed by atoms with E-state index >= 15 is 0 Å². The van der Waals surface area contributed by atoms with Crippen LogP contribution in [0.1, 0.15) is 16.8 Å². The molecule has 3 aromatic carbocycles. The molecule has 0 aliphatic heterocycles. The van der Waals surface area contributed by atoms with Crippen LogP contribution >= 0.6 is 11.3 Å². The number of fused-ring (bicyclic) bond motifs is 1. The Balaban J connectivity index is 1.26. The van der Waals surface area contributed by atoms with Gasteiger partial charge in [-0.25, -0.2) is 4.98 Å². The van der Waals surface area contributed by atoms with Crippen molar-refractivity contribution in [2.75, 3.05) is 5.32 Å². The molecule has 32 heavy (non-hydrogen) atoms. The molecule has 0 aliphatic carbocycles. The molecular formula is C24H18N4O3S. The third-order valence-electron chi connectivity index (χ3n) is 4.79. The molecule has 0 atom stereocenters. The highest BCUT2D eigenvalue weighted by molar-refractivity contribution is 7.18. The first kappa shape index (κ1) is 19.9. The molecule has 2 aromatic heterocycles. The fraction of sp³-hybridized carbons (Fsp3) is 0.0833. The molecule has 0 aliphatic rings. The molecule has 0 bridgehead atoms. The number of rotatable bonds is 6. The van der Waals surface area contributed by atoms with Gasteiger partial charge in [-0.2, -0.15) is 0 Å². The third kappa shape index (κ3) is 4.50. The molecule has 7 nitrogen and oxygen atoms in total. The van der Waals surface area contributed by atoms with Gasteiger partial charge in [0.15, 0.2) is 0 Å². The highest BCUT2D eigenvalue weighted by Gasteiger charge is 2.14. The van der Waals surface area contributed by atoms with Crippen LogP contribution in [0.25, 0.3) is 21.3 Å². The molecule has 0 saturated heterocycles. The molecule has 0 saturated carbocycles. The zero-order valence-electron chi connectivity index (χ0n) is 16.9. The van der Waals surface area contributed by atoms with Crippen LogP contribution < -0.4 is 5.32 Å². The number of aromatic nitrogens is 3. The number of hydrogen-bond acceptors (Lipinski definition) is 7. The largest absolute Gasteiger partial charge is 0.508 e. The summed E-state index contributed by atoms with van der Waals surface area (Å²) in [7, 11) is 0. The Morgan fingerprint density at radius 2 is 1.78 bits per heavy atom. The molecule has 5 rings (SSSR count). The van der Waals surface area contributed by atoms with Gasteiger partial charge in [-0.05, 0) is 35.4 Å². The van der Waals surface area contributed by atoms with Gasteiger partial charge in [0.1, 0.15) is 17.2 Å². The summed E-state index contributed by atoms with van der Waals surface area (Å²) < 4.78 is 6.73. The predicted octanol–water partition coefficient (Wildman–Crippen LogP) is 4.82. The maximum absolute atomic E-state index is 12.2. The molecule has 2 heterocycles. The van der Waals surface area contributed by atoms with E-state index in [0.717, 1.165) is 26.4 Å². The maximum Gasteiger partial charge on any atom is 0.233 e. The van der Waals surface area contributed by atoms with E-state index in [2.05, 4.69) is 44.8 Å². The van der Waals surface area contributed by atoms with E-state index in [-0.39, 0.29) is 24.0 Å². The summed E-state index contributed by atoms with van der Waals surface area (Å²) >= 11 is 1.59. The summed E-state index contributed by atoms with van der Waals surface area (Å²) in [6.07, 6.45) is 0.351. The highest BCUT2D eigenvalue weighted by Crippen LogP contribution is 2.29. The van der Waals surface area contributed by atoms with Crippen LogP contribution in [0.5, 0.6) is 5.75 Å². The molecule has 0 radical (unpaired) electrons. The lowest BCUT2D eigenvalue weighted by atomic mass is 10.1. The van der Waals surface area contributed by atoms with Gasteiger partial charge < -0.3 is 14.8 Å². The average molecular weight is 443 g/mol. The number of anilines is 1. The number of aromatic hydroxyl groups is 1. The van der Waals surface area contributed by atoms with Crippen molar-refractivity contribution >= 4 is 33.1 Å². The smallest absolute Gasteiger partial charge is 0.233 e. The normalized spacial score (nSPS) is 11.0. The first-order valence-corrected chi connectivity index (χ1v) is 10.8. The van der Waals surface area contributed by atoms with E-state index in [4.69, 9.17) is 4.42 Å². The van der Waals surface area contributed by atoms with Crippen molar-refractivity contribution in [2.24, 2.45) is 0 Å². The Morgan fingerprint density at radius 3 is 2.62 bits per heavy atom. The Kier molecular flexibility index (Phi) is 5.35. The predicted molar refractivity (Wildman–Crippen MR) is 123 cm³/mol. The monoisotopic (exact) mass is 442 g/mol. The number of phenols is 1. The van der Waals surface area contributed by atoms with Gasteiger partial charge in [0.05, 0.1) is 16.6 Å². The Morgan fingerprint density at radius 1 is 0.938 bits per heavy atom. The van der Waals surface area contributed by atoms with E-state index in [0.29, 0.717) is 18.0 Å². The first-order valence-electron chi connectivity index (χ1n) is 9.97. The second-order valence-electron chi connectivity index (χ2n) is 7.20. The zero-order valence-corrected chi connectivity index (χ0v) is 17.7. The SMILES string of the molecule is O=C(Cc1nnc(Cc2nc3ccc(-c4ccccc4)cc3s2)o1)Nc1cccc(O)c1. The van der Waals surface area contributed by atoms with Gasteiger partial charge in [-0.15, -0.1) is 21.5 Å². The fourth-order valence-electron chi connectivity index (χ4n) is 3.34. The lowest BCUT2D eigenvalue weighted by Gasteiger charge is -2.03. The van der Waals surface area contributed by atoms with Crippen molar-refractivity contribution in [3.8, 4) is 16.9 Å². The lowest BCUT2D eigenvalue weighted by Crippen LogP contribution is -2.14. The summed E-state index contributed by atoms with van der Waals surface area (Å²) in [5, 5.41) is 21.1. The average Bonchev–Trinajstić information content (AvgIpc) is 3.39. The molecule has 0 spiro atoms.